The molecule has 8 nitrogen and oxygen atoms in total. The topological polar surface area (TPSA) is 94.1 Å². The van der Waals surface area contributed by atoms with E-state index in [0.717, 1.165) is 60.7 Å². The monoisotopic (exact) mass is 461 g/mol. The summed E-state index contributed by atoms with van der Waals surface area (Å²) in [7, 11) is 0. The second-order valence-corrected chi connectivity index (χ2v) is 7.93. The van der Waals surface area contributed by atoms with Gasteiger partial charge in [-0.3, -0.25) is 10.00 Å². The maximum Gasteiger partial charge on any atom is 0.183 e. The molecule has 2 aromatic carbocycles. The lowest BCUT2D eigenvalue weighted by atomic mass is 10.1. The highest BCUT2D eigenvalue weighted by Gasteiger charge is 2.18. The van der Waals surface area contributed by atoms with Crippen molar-refractivity contribution in [3.05, 3.63) is 66.0 Å². The Bertz CT molecular complexity index is 1140. The fraction of sp³-hybridized carbons (Fsp3) is 0.385. The number of nitrogens with zero attached hydrogens (tertiary/aromatic N) is 6. The highest BCUT2D eigenvalue weighted by atomic mass is 16.3. The number of hydrogen-bond donors (Lipinski definition) is 2. The summed E-state index contributed by atoms with van der Waals surface area (Å²) < 4.78 is 0. The molecule has 0 amide bonds. The van der Waals surface area contributed by atoms with Gasteiger partial charge >= 0.3 is 0 Å². The van der Waals surface area contributed by atoms with Crippen LogP contribution in [0.15, 0.2) is 54.7 Å². The average Bonchev–Trinajstić information content (AvgIpc) is 3.27. The molecule has 0 unspecified atom stereocenters. The molecule has 4 aromatic rings. The van der Waals surface area contributed by atoms with Crippen LogP contribution in [-0.4, -0.2) is 74.7 Å². The summed E-state index contributed by atoms with van der Waals surface area (Å²) in [5.74, 6) is 1.47. The van der Waals surface area contributed by atoms with E-state index in [1.807, 2.05) is 57.2 Å². The number of aromatic nitrogens is 5. The number of benzene rings is 2. The molecule has 0 atom stereocenters. The zero-order valence-electron chi connectivity index (χ0n) is 20.6. The zero-order valence-corrected chi connectivity index (χ0v) is 20.6. The Labute approximate surface area is 201 Å². The van der Waals surface area contributed by atoms with Gasteiger partial charge in [0.05, 0.1) is 18.3 Å². The predicted octanol–water partition coefficient (Wildman–Crippen LogP) is 3.86. The van der Waals surface area contributed by atoms with Gasteiger partial charge in [-0.2, -0.15) is 10.2 Å². The molecule has 0 spiro atoms. The Hall–Kier alpha value is -3.36. The summed E-state index contributed by atoms with van der Waals surface area (Å²) in [5.41, 5.74) is 4.22. The smallest absolute Gasteiger partial charge is 0.183 e. The molecule has 3 heterocycles. The summed E-state index contributed by atoms with van der Waals surface area (Å²) in [4.78, 5) is 9.18. The zero-order chi connectivity index (χ0) is 24.3. The number of H-pyrrole nitrogens is 1. The minimum absolute atomic E-state index is 0.203. The van der Waals surface area contributed by atoms with Crippen LogP contribution in [0.5, 0.6) is 0 Å². The second-order valence-electron chi connectivity index (χ2n) is 7.93. The van der Waals surface area contributed by atoms with E-state index in [-0.39, 0.29) is 6.61 Å². The van der Waals surface area contributed by atoms with Crippen molar-refractivity contribution < 1.29 is 5.11 Å². The lowest BCUT2D eigenvalue weighted by Gasteiger charge is -2.34. The van der Waals surface area contributed by atoms with Gasteiger partial charge in [0.1, 0.15) is 0 Å². The van der Waals surface area contributed by atoms with Crippen LogP contribution in [0.25, 0.3) is 22.3 Å². The number of anilines is 1. The standard InChI is InChI=1S/C17H21N7O.C7H8.C2H6/c1-12-14-10-13(2-3-15(14)21-20-12)17-19-16(11-18-22-17)24-6-4-23(5-7-24)8-9-25;1-7-5-3-2-4-6-7;1-2/h2-3,10-11,25H,4-9H2,1H3,(H,20,21);2-6H,1H3;1-2H3. The average molecular weight is 462 g/mol. The molecular weight excluding hydrogens is 426 g/mol. The van der Waals surface area contributed by atoms with Crippen LogP contribution in [0, 0.1) is 13.8 Å². The van der Waals surface area contributed by atoms with Gasteiger partial charge in [-0.05, 0) is 32.0 Å². The van der Waals surface area contributed by atoms with Gasteiger partial charge in [0.2, 0.25) is 0 Å². The summed E-state index contributed by atoms with van der Waals surface area (Å²) >= 11 is 0. The van der Waals surface area contributed by atoms with Crippen molar-refractivity contribution in [1.29, 1.82) is 0 Å². The van der Waals surface area contributed by atoms with E-state index >= 15 is 0 Å². The van der Waals surface area contributed by atoms with Gasteiger partial charge in [-0.15, -0.1) is 5.10 Å². The summed E-state index contributed by atoms with van der Waals surface area (Å²) in [6.07, 6.45) is 1.72. The molecule has 1 aliphatic heterocycles. The molecule has 0 aliphatic carbocycles. The van der Waals surface area contributed by atoms with Crippen molar-refractivity contribution in [3.63, 3.8) is 0 Å². The van der Waals surface area contributed by atoms with Crippen LogP contribution in [0.4, 0.5) is 5.82 Å². The van der Waals surface area contributed by atoms with Crippen molar-refractivity contribution in [2.24, 2.45) is 0 Å². The van der Waals surface area contributed by atoms with E-state index in [1.165, 1.54) is 5.56 Å². The van der Waals surface area contributed by atoms with E-state index in [0.29, 0.717) is 5.82 Å². The number of aliphatic hydroxyl groups is 1. The maximum atomic E-state index is 9.05. The van der Waals surface area contributed by atoms with Crippen LogP contribution in [0.1, 0.15) is 25.1 Å². The first kappa shape index (κ1) is 25.3. The van der Waals surface area contributed by atoms with Gasteiger partial charge in [0.15, 0.2) is 11.6 Å². The number of piperazine rings is 1. The van der Waals surface area contributed by atoms with Crippen molar-refractivity contribution in [2.75, 3.05) is 44.2 Å². The van der Waals surface area contributed by atoms with Crippen molar-refractivity contribution in [3.8, 4) is 11.4 Å². The first-order valence-electron chi connectivity index (χ1n) is 11.9. The third-order valence-electron chi connectivity index (χ3n) is 5.60. The number of fused-ring (bicyclic) bond motifs is 1. The molecule has 5 rings (SSSR count). The third kappa shape index (κ3) is 6.59. The van der Waals surface area contributed by atoms with E-state index in [4.69, 9.17) is 10.1 Å². The van der Waals surface area contributed by atoms with Gasteiger partial charge in [-0.1, -0.05) is 49.7 Å². The number of aliphatic hydroxyl groups excluding tert-OH is 1. The molecule has 180 valence electrons. The number of β-amino-alcohol motifs (C(OH)–C–C–N with tert-alkyl or cyclic N) is 1. The van der Waals surface area contributed by atoms with Gasteiger partial charge in [0, 0.05) is 49.4 Å². The number of hydrogen-bond acceptors (Lipinski definition) is 7. The summed E-state index contributed by atoms with van der Waals surface area (Å²) in [5, 5.41) is 25.7. The number of aryl methyl sites for hydroxylation is 2. The van der Waals surface area contributed by atoms with Gasteiger partial charge in [-0.25, -0.2) is 4.98 Å². The van der Waals surface area contributed by atoms with Gasteiger partial charge in [0.25, 0.3) is 0 Å². The van der Waals surface area contributed by atoms with Crippen LogP contribution in [0.2, 0.25) is 0 Å². The van der Waals surface area contributed by atoms with Crippen molar-refractivity contribution >= 4 is 16.7 Å². The van der Waals surface area contributed by atoms with Gasteiger partial charge < -0.3 is 10.0 Å². The Morgan fingerprint density at radius 1 is 0.971 bits per heavy atom. The molecular formula is C26H35N7O. The third-order valence-corrected chi connectivity index (χ3v) is 5.60. The molecule has 1 saturated heterocycles. The predicted molar refractivity (Wildman–Crippen MR) is 138 cm³/mol. The quantitative estimate of drug-likeness (QED) is 0.477. The fourth-order valence-electron chi connectivity index (χ4n) is 3.72. The highest BCUT2D eigenvalue weighted by molar-refractivity contribution is 5.85. The molecule has 0 radical (unpaired) electrons. The summed E-state index contributed by atoms with van der Waals surface area (Å²) in [6, 6.07) is 16.3. The molecule has 0 bridgehead atoms. The molecule has 2 N–H and O–H groups in total. The molecule has 1 fully saturated rings. The fourth-order valence-corrected chi connectivity index (χ4v) is 3.72. The first-order chi connectivity index (χ1) is 16.6. The van der Waals surface area contributed by atoms with E-state index in [9.17, 15) is 0 Å². The van der Waals surface area contributed by atoms with E-state index in [2.05, 4.69) is 49.3 Å². The van der Waals surface area contributed by atoms with Crippen molar-refractivity contribution in [1.82, 2.24) is 30.3 Å². The number of nitrogens with one attached hydrogen (secondary N) is 1. The molecule has 34 heavy (non-hydrogen) atoms. The second kappa shape index (κ2) is 12.8. The Balaban J connectivity index is 0.000000306. The molecule has 1 aliphatic rings. The van der Waals surface area contributed by atoms with Crippen LogP contribution in [0.3, 0.4) is 0 Å². The largest absolute Gasteiger partial charge is 0.395 e. The Kier molecular flexibility index (Phi) is 9.49. The SMILES string of the molecule is CC.Cc1[nH]nc2ccc(-c3nncc(N4CCN(CCO)CC4)n3)cc12.Cc1ccccc1. The molecule has 8 heteroatoms. The molecule has 0 saturated carbocycles. The van der Waals surface area contributed by atoms with Crippen LogP contribution >= 0.6 is 0 Å². The van der Waals surface area contributed by atoms with E-state index < -0.39 is 0 Å². The maximum absolute atomic E-state index is 9.05. The number of rotatable bonds is 4. The number of aromatic amines is 1. The lowest BCUT2D eigenvalue weighted by Crippen LogP contribution is -2.47. The lowest BCUT2D eigenvalue weighted by molar-refractivity contribution is 0.188. The van der Waals surface area contributed by atoms with Crippen LogP contribution < -0.4 is 4.90 Å². The van der Waals surface area contributed by atoms with E-state index in [1.54, 1.807) is 6.20 Å². The summed E-state index contributed by atoms with van der Waals surface area (Å²) in [6.45, 7) is 12.6. The molecule has 2 aromatic heterocycles. The van der Waals surface area contributed by atoms with Crippen molar-refractivity contribution in [2.45, 2.75) is 27.7 Å². The minimum Gasteiger partial charge on any atom is -0.395 e. The Morgan fingerprint density at radius 3 is 2.35 bits per heavy atom. The first-order valence-corrected chi connectivity index (χ1v) is 11.9. The van der Waals surface area contributed by atoms with Crippen LogP contribution in [-0.2, 0) is 0 Å². The normalized spacial score (nSPS) is 13.6. The highest BCUT2D eigenvalue weighted by Crippen LogP contribution is 2.24. The Morgan fingerprint density at radius 2 is 1.71 bits per heavy atom. The minimum atomic E-state index is 0.203.